The van der Waals surface area contributed by atoms with Gasteiger partial charge in [0, 0.05) is 17.5 Å². The van der Waals surface area contributed by atoms with Gasteiger partial charge in [-0.25, -0.2) is 4.98 Å². The molecule has 96 valence electrons. The van der Waals surface area contributed by atoms with E-state index in [1.54, 1.807) is 6.20 Å². The highest BCUT2D eigenvalue weighted by atomic mass is 32.1. The Balaban J connectivity index is 2.39. The van der Waals surface area contributed by atoms with E-state index in [4.69, 9.17) is 0 Å². The number of thiazole rings is 1. The summed E-state index contributed by atoms with van der Waals surface area (Å²) < 4.78 is 0. The molecule has 0 aromatic carbocycles. The summed E-state index contributed by atoms with van der Waals surface area (Å²) in [4.78, 5) is 17.0. The second-order valence-electron chi connectivity index (χ2n) is 5.90. The number of aromatic nitrogens is 1. The van der Waals surface area contributed by atoms with Crippen LogP contribution >= 0.6 is 11.3 Å². The molecule has 17 heavy (non-hydrogen) atoms. The topological polar surface area (TPSA) is 42.0 Å². The molecule has 1 unspecified atom stereocenters. The van der Waals surface area contributed by atoms with E-state index < -0.39 is 0 Å². The third kappa shape index (κ3) is 5.82. The van der Waals surface area contributed by atoms with Gasteiger partial charge in [-0.2, -0.15) is 0 Å². The van der Waals surface area contributed by atoms with Crippen LogP contribution in [0.4, 0.5) is 5.13 Å². The maximum Gasteiger partial charge on any atom is 0.226 e. The van der Waals surface area contributed by atoms with Crippen LogP contribution in [0.1, 0.15) is 45.4 Å². The molecule has 0 aliphatic carbocycles. The van der Waals surface area contributed by atoms with E-state index in [0.29, 0.717) is 17.5 Å². The molecule has 1 amide bonds. The predicted molar refractivity (Wildman–Crippen MR) is 73.3 cm³/mol. The lowest BCUT2D eigenvalue weighted by atomic mass is 9.84. The largest absolute Gasteiger partial charge is 0.302 e. The first-order chi connectivity index (χ1) is 7.76. The Kier molecular flexibility index (Phi) is 4.69. The highest BCUT2D eigenvalue weighted by molar-refractivity contribution is 7.15. The maximum absolute atomic E-state index is 11.8. The van der Waals surface area contributed by atoms with E-state index in [0.717, 1.165) is 11.3 Å². The third-order valence-corrected chi connectivity index (χ3v) is 3.19. The molecule has 1 aromatic heterocycles. The zero-order valence-electron chi connectivity index (χ0n) is 11.3. The Labute approximate surface area is 108 Å². The third-order valence-electron chi connectivity index (χ3n) is 2.36. The van der Waals surface area contributed by atoms with Crippen LogP contribution in [0.3, 0.4) is 0 Å². The fraction of sp³-hybridized carbons (Fsp3) is 0.692. The van der Waals surface area contributed by atoms with Crippen LogP contribution in [0.25, 0.3) is 0 Å². The number of rotatable bonds is 4. The molecule has 1 aromatic rings. The van der Waals surface area contributed by atoms with Gasteiger partial charge in [-0.15, -0.1) is 11.3 Å². The summed E-state index contributed by atoms with van der Waals surface area (Å²) >= 11 is 1.51. The fourth-order valence-corrected chi connectivity index (χ4v) is 2.70. The maximum atomic E-state index is 11.8. The number of carbonyl (C=O) groups excluding carboxylic acids is 1. The van der Waals surface area contributed by atoms with Gasteiger partial charge in [0.05, 0.1) is 0 Å². The molecule has 0 saturated heterocycles. The van der Waals surface area contributed by atoms with Crippen LogP contribution in [0.2, 0.25) is 0 Å². The van der Waals surface area contributed by atoms with Gasteiger partial charge in [-0.1, -0.05) is 27.7 Å². The average Bonchev–Trinajstić information content (AvgIpc) is 2.46. The number of hydrogen-bond donors (Lipinski definition) is 1. The zero-order chi connectivity index (χ0) is 13.1. The van der Waals surface area contributed by atoms with Crippen molar-refractivity contribution in [3.05, 3.63) is 11.1 Å². The Morgan fingerprint density at radius 3 is 2.65 bits per heavy atom. The number of carbonyl (C=O) groups is 1. The first-order valence-corrected chi connectivity index (χ1v) is 6.80. The molecule has 3 nitrogen and oxygen atoms in total. The highest BCUT2D eigenvalue weighted by Crippen LogP contribution is 2.26. The number of nitrogens with one attached hydrogen (secondary N) is 1. The van der Waals surface area contributed by atoms with Crippen molar-refractivity contribution in [3.63, 3.8) is 0 Å². The molecule has 4 heteroatoms. The van der Waals surface area contributed by atoms with Crippen LogP contribution in [0.15, 0.2) is 6.20 Å². The summed E-state index contributed by atoms with van der Waals surface area (Å²) in [5, 5.41) is 3.55. The minimum absolute atomic E-state index is 0.0658. The molecule has 0 bridgehead atoms. The minimum atomic E-state index is 0.0658. The lowest BCUT2D eigenvalue weighted by molar-refractivity contribution is -0.117. The van der Waals surface area contributed by atoms with Crippen molar-refractivity contribution in [3.8, 4) is 0 Å². The summed E-state index contributed by atoms with van der Waals surface area (Å²) in [6.45, 7) is 10.7. The van der Waals surface area contributed by atoms with Gasteiger partial charge in [0.25, 0.3) is 0 Å². The van der Waals surface area contributed by atoms with Crippen LogP contribution in [-0.4, -0.2) is 10.9 Å². The van der Waals surface area contributed by atoms with E-state index in [-0.39, 0.29) is 11.3 Å². The Bertz CT molecular complexity index is 379. The van der Waals surface area contributed by atoms with Crippen molar-refractivity contribution in [2.45, 2.75) is 47.5 Å². The van der Waals surface area contributed by atoms with Crippen LogP contribution in [0.5, 0.6) is 0 Å². The van der Waals surface area contributed by atoms with Gasteiger partial charge in [-0.05, 0) is 24.7 Å². The van der Waals surface area contributed by atoms with Gasteiger partial charge in [0.15, 0.2) is 5.13 Å². The Morgan fingerprint density at radius 1 is 1.53 bits per heavy atom. The SMILES string of the molecule is Cc1cnc(NC(=O)CC(C)CC(C)(C)C)s1. The first-order valence-electron chi connectivity index (χ1n) is 5.98. The van der Waals surface area contributed by atoms with E-state index in [1.165, 1.54) is 11.3 Å². The summed E-state index contributed by atoms with van der Waals surface area (Å²) in [7, 11) is 0. The molecule has 0 saturated carbocycles. The molecule has 0 aliphatic heterocycles. The monoisotopic (exact) mass is 254 g/mol. The van der Waals surface area contributed by atoms with Gasteiger partial charge in [0.2, 0.25) is 5.91 Å². The molecule has 1 heterocycles. The molecular weight excluding hydrogens is 232 g/mol. The summed E-state index contributed by atoms with van der Waals surface area (Å²) in [5.74, 6) is 0.465. The number of nitrogens with zero attached hydrogens (tertiary/aromatic N) is 1. The lowest BCUT2D eigenvalue weighted by Crippen LogP contribution is -2.18. The van der Waals surface area contributed by atoms with Crippen molar-refractivity contribution in [2.24, 2.45) is 11.3 Å². The fourth-order valence-electron chi connectivity index (χ4n) is 2.02. The van der Waals surface area contributed by atoms with Crippen molar-refractivity contribution in [1.82, 2.24) is 4.98 Å². The minimum Gasteiger partial charge on any atom is -0.302 e. The van der Waals surface area contributed by atoms with Crippen LogP contribution < -0.4 is 5.32 Å². The van der Waals surface area contributed by atoms with Gasteiger partial charge in [-0.3, -0.25) is 4.79 Å². The van der Waals surface area contributed by atoms with Gasteiger partial charge in [0.1, 0.15) is 0 Å². The predicted octanol–water partition coefficient (Wildman–Crippen LogP) is 3.85. The molecule has 0 aliphatic rings. The van der Waals surface area contributed by atoms with E-state index >= 15 is 0 Å². The smallest absolute Gasteiger partial charge is 0.226 e. The van der Waals surface area contributed by atoms with Crippen LogP contribution in [0, 0.1) is 18.3 Å². The molecule has 1 rings (SSSR count). The molecule has 0 radical (unpaired) electrons. The molecule has 1 atom stereocenters. The summed E-state index contributed by atoms with van der Waals surface area (Å²) in [5.41, 5.74) is 0.275. The van der Waals surface area contributed by atoms with Crippen molar-refractivity contribution in [1.29, 1.82) is 0 Å². The number of amides is 1. The van der Waals surface area contributed by atoms with Crippen molar-refractivity contribution < 1.29 is 4.79 Å². The average molecular weight is 254 g/mol. The molecule has 0 fully saturated rings. The van der Waals surface area contributed by atoms with Gasteiger partial charge < -0.3 is 5.32 Å². The van der Waals surface area contributed by atoms with Crippen molar-refractivity contribution >= 4 is 22.4 Å². The van der Waals surface area contributed by atoms with E-state index in [2.05, 4.69) is 38.0 Å². The summed E-state index contributed by atoms with van der Waals surface area (Å²) in [6, 6.07) is 0. The molecule has 1 N–H and O–H groups in total. The second-order valence-corrected chi connectivity index (χ2v) is 7.13. The number of aryl methyl sites for hydroxylation is 1. The molecule has 0 spiro atoms. The van der Waals surface area contributed by atoms with Crippen LogP contribution in [-0.2, 0) is 4.79 Å². The number of hydrogen-bond acceptors (Lipinski definition) is 3. The summed E-state index contributed by atoms with van der Waals surface area (Å²) in [6.07, 6.45) is 3.39. The second kappa shape index (κ2) is 5.63. The van der Waals surface area contributed by atoms with E-state index in [9.17, 15) is 4.79 Å². The zero-order valence-corrected chi connectivity index (χ0v) is 12.1. The standard InChI is InChI=1S/C13H22N2OS/c1-9(7-13(3,4)5)6-11(16)15-12-14-8-10(2)17-12/h8-9H,6-7H2,1-5H3,(H,14,15,16). The van der Waals surface area contributed by atoms with E-state index in [1.807, 2.05) is 6.92 Å². The highest BCUT2D eigenvalue weighted by Gasteiger charge is 2.18. The first kappa shape index (κ1) is 14.2. The van der Waals surface area contributed by atoms with Crippen molar-refractivity contribution in [2.75, 3.05) is 5.32 Å². The quantitative estimate of drug-likeness (QED) is 0.886. The Morgan fingerprint density at radius 2 is 2.18 bits per heavy atom. The van der Waals surface area contributed by atoms with Gasteiger partial charge >= 0.3 is 0 Å². The lowest BCUT2D eigenvalue weighted by Gasteiger charge is -2.22. The number of anilines is 1. The normalized spacial score (nSPS) is 13.5. The Hall–Kier alpha value is -0.900. The molecular formula is C13H22N2OS.